The standard InChI is InChI=1S/C41H39N7O7S/c49-41(46-56(52,53)34-10-12-36(38(23-34)48(50)51)44-24-27-14-19-54-20-15-27)35-11-7-29(22-39(35)55-33-21-30-13-17-43-40(30)45-26-33)28-5-8-32(9-6-28)47-18-2-4-37(47)31-3-1-16-42-25-31/h1,3,5-13,16-17,21-23,25-27,37,44H,2,4,14-15,18-20,24H2,(H,43,45)(H,46,49). The quantitative estimate of drug-likeness (QED) is 0.0822. The molecule has 286 valence electrons. The van der Waals surface area contributed by atoms with Crippen molar-refractivity contribution in [2.45, 2.75) is 36.6 Å². The van der Waals surface area contributed by atoms with E-state index in [2.05, 4.69) is 48.1 Å². The molecule has 0 saturated carbocycles. The van der Waals surface area contributed by atoms with Crippen LogP contribution in [0.2, 0.25) is 0 Å². The molecule has 14 nitrogen and oxygen atoms in total. The number of amides is 1. The lowest BCUT2D eigenvalue weighted by Gasteiger charge is -2.27. The molecule has 56 heavy (non-hydrogen) atoms. The second-order valence-electron chi connectivity index (χ2n) is 13.9. The Kier molecular flexibility index (Phi) is 10.3. The summed E-state index contributed by atoms with van der Waals surface area (Å²) < 4.78 is 40.9. The molecule has 1 unspecified atom stereocenters. The van der Waals surface area contributed by atoms with Crippen molar-refractivity contribution < 1.29 is 27.6 Å². The number of fused-ring (bicyclic) bond motifs is 1. The second kappa shape index (κ2) is 15.8. The first-order valence-electron chi connectivity index (χ1n) is 18.4. The minimum absolute atomic E-state index is 0.0660. The lowest BCUT2D eigenvalue weighted by Crippen LogP contribution is -2.31. The number of nitrogens with zero attached hydrogens (tertiary/aromatic N) is 4. The molecule has 3 aromatic heterocycles. The molecular weight excluding hydrogens is 735 g/mol. The predicted molar refractivity (Wildman–Crippen MR) is 211 cm³/mol. The molecule has 2 aliphatic heterocycles. The summed E-state index contributed by atoms with van der Waals surface area (Å²) in [6.07, 6.45) is 10.7. The van der Waals surface area contributed by atoms with Crippen LogP contribution in [0.5, 0.6) is 11.5 Å². The van der Waals surface area contributed by atoms with E-state index < -0.39 is 31.4 Å². The van der Waals surface area contributed by atoms with Gasteiger partial charge in [0.15, 0.2) is 0 Å². The summed E-state index contributed by atoms with van der Waals surface area (Å²) in [4.78, 5) is 38.9. The monoisotopic (exact) mass is 773 g/mol. The molecule has 1 amide bonds. The van der Waals surface area contributed by atoms with Crippen LogP contribution in [-0.4, -0.2) is 60.5 Å². The van der Waals surface area contributed by atoms with Gasteiger partial charge in [-0.05, 0) is 103 Å². The third kappa shape index (κ3) is 7.90. The minimum atomic E-state index is -4.56. The number of anilines is 2. The Bertz CT molecular complexity index is 2490. The third-order valence-electron chi connectivity index (χ3n) is 10.3. The molecule has 0 spiro atoms. The van der Waals surface area contributed by atoms with E-state index in [9.17, 15) is 23.3 Å². The van der Waals surface area contributed by atoms with Gasteiger partial charge in [-0.15, -0.1) is 0 Å². The van der Waals surface area contributed by atoms with Crippen LogP contribution < -0.4 is 19.7 Å². The van der Waals surface area contributed by atoms with Crippen molar-refractivity contribution >= 4 is 44.0 Å². The summed E-state index contributed by atoms with van der Waals surface area (Å²) in [5.41, 5.74) is 4.18. The number of aromatic amines is 1. The molecule has 0 aliphatic carbocycles. The molecule has 1 atom stereocenters. The number of pyridine rings is 2. The summed E-state index contributed by atoms with van der Waals surface area (Å²) in [7, 11) is -4.56. The summed E-state index contributed by atoms with van der Waals surface area (Å²) in [6, 6.07) is 24.4. The van der Waals surface area contributed by atoms with Gasteiger partial charge in [-0.2, -0.15) is 0 Å². The van der Waals surface area contributed by atoms with E-state index in [1.807, 2.05) is 30.5 Å². The van der Waals surface area contributed by atoms with Crippen LogP contribution in [0.1, 0.15) is 47.6 Å². The van der Waals surface area contributed by atoms with Crippen molar-refractivity contribution in [3.8, 4) is 22.6 Å². The number of hydrogen-bond acceptors (Lipinski definition) is 11. The van der Waals surface area contributed by atoms with Crippen molar-refractivity contribution in [1.82, 2.24) is 19.7 Å². The highest BCUT2D eigenvalue weighted by Gasteiger charge is 2.28. The fourth-order valence-corrected chi connectivity index (χ4v) is 8.32. The van der Waals surface area contributed by atoms with Gasteiger partial charge < -0.3 is 24.7 Å². The number of rotatable bonds is 12. The van der Waals surface area contributed by atoms with E-state index in [4.69, 9.17) is 9.47 Å². The van der Waals surface area contributed by atoms with E-state index in [1.165, 1.54) is 30.0 Å². The van der Waals surface area contributed by atoms with Gasteiger partial charge in [0.05, 0.1) is 27.6 Å². The first-order valence-corrected chi connectivity index (χ1v) is 19.9. The van der Waals surface area contributed by atoms with Crippen molar-refractivity contribution in [1.29, 1.82) is 0 Å². The first kappa shape index (κ1) is 36.6. The zero-order valence-corrected chi connectivity index (χ0v) is 31.1. The third-order valence-corrected chi connectivity index (χ3v) is 11.6. The molecule has 3 N–H and O–H groups in total. The molecular formula is C41H39N7O7S. The van der Waals surface area contributed by atoms with E-state index in [-0.39, 0.29) is 29.0 Å². The van der Waals surface area contributed by atoms with E-state index in [0.717, 1.165) is 60.5 Å². The van der Waals surface area contributed by atoms with Crippen LogP contribution in [0.4, 0.5) is 17.1 Å². The Hall–Kier alpha value is -6.32. The maximum atomic E-state index is 13.8. The highest BCUT2D eigenvalue weighted by Crippen LogP contribution is 2.38. The van der Waals surface area contributed by atoms with Gasteiger partial charge in [0.1, 0.15) is 22.8 Å². The molecule has 8 rings (SSSR count). The molecule has 5 heterocycles. The van der Waals surface area contributed by atoms with Gasteiger partial charge >= 0.3 is 0 Å². The minimum Gasteiger partial charge on any atom is -0.455 e. The number of carbonyl (C=O) groups is 1. The average molecular weight is 774 g/mol. The van der Waals surface area contributed by atoms with Crippen molar-refractivity contribution in [3.05, 3.63) is 131 Å². The highest BCUT2D eigenvalue weighted by atomic mass is 32.2. The lowest BCUT2D eigenvalue weighted by molar-refractivity contribution is -0.384. The van der Waals surface area contributed by atoms with Crippen LogP contribution >= 0.6 is 0 Å². The van der Waals surface area contributed by atoms with Gasteiger partial charge in [0.2, 0.25) is 0 Å². The number of hydrogen-bond donors (Lipinski definition) is 3. The summed E-state index contributed by atoms with van der Waals surface area (Å²) >= 11 is 0. The number of benzene rings is 3. The number of carbonyl (C=O) groups excluding carboxylic acids is 1. The summed E-state index contributed by atoms with van der Waals surface area (Å²) in [6.45, 7) is 2.65. The topological polar surface area (TPSA) is 182 Å². The Morgan fingerprint density at radius 2 is 1.80 bits per heavy atom. The second-order valence-corrected chi connectivity index (χ2v) is 15.6. The van der Waals surface area contributed by atoms with Gasteiger partial charge in [0.25, 0.3) is 21.6 Å². The van der Waals surface area contributed by atoms with Gasteiger partial charge in [-0.1, -0.05) is 24.3 Å². The van der Waals surface area contributed by atoms with Crippen molar-refractivity contribution in [2.24, 2.45) is 5.92 Å². The fourth-order valence-electron chi connectivity index (χ4n) is 7.34. The normalized spacial score (nSPS) is 16.1. The van der Waals surface area contributed by atoms with E-state index in [0.29, 0.717) is 31.2 Å². The smallest absolute Gasteiger partial charge is 0.293 e. The predicted octanol–water partition coefficient (Wildman–Crippen LogP) is 7.62. The zero-order valence-electron chi connectivity index (χ0n) is 30.3. The maximum Gasteiger partial charge on any atom is 0.293 e. The van der Waals surface area contributed by atoms with Crippen LogP contribution in [0.3, 0.4) is 0 Å². The first-order chi connectivity index (χ1) is 27.2. The number of ether oxygens (including phenoxy) is 2. The van der Waals surface area contributed by atoms with Crippen molar-refractivity contribution in [3.63, 3.8) is 0 Å². The van der Waals surface area contributed by atoms with Gasteiger partial charge in [-0.3, -0.25) is 19.9 Å². The number of nitro benzene ring substituents is 1. The molecule has 3 aromatic carbocycles. The van der Waals surface area contributed by atoms with Gasteiger partial charge in [0, 0.05) is 62.0 Å². The Morgan fingerprint density at radius 1 is 0.982 bits per heavy atom. The largest absolute Gasteiger partial charge is 0.455 e. The number of nitro groups is 1. The fraction of sp³-hybridized carbons (Fsp3) is 0.244. The lowest BCUT2D eigenvalue weighted by atomic mass is 10.0. The van der Waals surface area contributed by atoms with Crippen LogP contribution in [-0.2, 0) is 14.8 Å². The molecule has 15 heteroatoms. The summed E-state index contributed by atoms with van der Waals surface area (Å²) in [5, 5.41) is 15.9. The van der Waals surface area contributed by atoms with E-state index in [1.54, 1.807) is 30.6 Å². The molecule has 6 aromatic rings. The Balaban J connectivity index is 1.06. The molecule has 2 saturated heterocycles. The molecule has 2 fully saturated rings. The summed E-state index contributed by atoms with van der Waals surface area (Å²) in [5.74, 6) is -0.283. The number of nitrogens with one attached hydrogen (secondary N) is 3. The van der Waals surface area contributed by atoms with Crippen LogP contribution in [0.25, 0.3) is 22.2 Å². The Morgan fingerprint density at radius 3 is 2.59 bits per heavy atom. The number of aromatic nitrogens is 3. The van der Waals surface area contributed by atoms with E-state index >= 15 is 0 Å². The zero-order chi connectivity index (χ0) is 38.6. The van der Waals surface area contributed by atoms with Gasteiger partial charge in [-0.25, -0.2) is 18.1 Å². The van der Waals surface area contributed by atoms with Crippen LogP contribution in [0.15, 0.2) is 115 Å². The molecule has 0 bridgehead atoms. The molecule has 2 aliphatic rings. The SMILES string of the molecule is O=C(NS(=O)(=O)c1ccc(NCC2CCOCC2)c([N+](=O)[O-])c1)c1ccc(-c2ccc(N3CCCC3c3cccnc3)cc2)cc1Oc1cnc2[nH]ccc2c1. The van der Waals surface area contributed by atoms with Crippen LogP contribution in [0, 0.1) is 16.0 Å². The Labute approximate surface area is 323 Å². The maximum absolute atomic E-state index is 13.8. The highest BCUT2D eigenvalue weighted by molar-refractivity contribution is 7.90. The average Bonchev–Trinajstić information content (AvgIpc) is 3.91. The number of H-pyrrole nitrogens is 1. The number of sulfonamides is 1. The van der Waals surface area contributed by atoms with Crippen molar-refractivity contribution in [2.75, 3.05) is 36.5 Å². The molecule has 0 radical (unpaired) electrons.